The van der Waals surface area contributed by atoms with E-state index in [9.17, 15) is 4.79 Å². The molecule has 130 valence electrons. The van der Waals surface area contributed by atoms with Gasteiger partial charge in [-0.15, -0.1) is 0 Å². The number of rotatable bonds is 4. The number of carbonyl (C=O) groups is 1. The van der Waals surface area contributed by atoms with Crippen LogP contribution in [0, 0.1) is 0 Å². The molecule has 4 rings (SSSR count). The normalized spacial score (nSPS) is 15.3. The van der Waals surface area contributed by atoms with Crippen LogP contribution in [0.2, 0.25) is 0 Å². The highest BCUT2D eigenvalue weighted by molar-refractivity contribution is 5.94. The Kier molecular flexibility index (Phi) is 4.44. The third kappa shape index (κ3) is 3.21. The van der Waals surface area contributed by atoms with E-state index in [0.29, 0.717) is 5.56 Å². The van der Waals surface area contributed by atoms with Crippen LogP contribution in [0.25, 0.3) is 0 Å². The van der Waals surface area contributed by atoms with Gasteiger partial charge in [-0.3, -0.25) is 4.79 Å². The minimum atomic E-state index is 0.0398. The summed E-state index contributed by atoms with van der Waals surface area (Å²) in [5, 5.41) is 0. The second-order valence-corrected chi connectivity index (χ2v) is 6.61. The van der Waals surface area contributed by atoms with Gasteiger partial charge in [0.2, 0.25) is 0 Å². The van der Waals surface area contributed by atoms with Crippen LogP contribution in [0.3, 0.4) is 0 Å². The van der Waals surface area contributed by atoms with E-state index in [1.807, 2.05) is 72.6 Å². The summed E-state index contributed by atoms with van der Waals surface area (Å²) in [7, 11) is 1.89. The van der Waals surface area contributed by atoms with E-state index in [1.165, 1.54) is 11.1 Å². The molecule has 0 fully saturated rings. The van der Waals surface area contributed by atoms with Crippen LogP contribution >= 0.6 is 0 Å². The minimum Gasteiger partial charge on any atom is -0.457 e. The number of ether oxygens (including phenoxy) is 1. The van der Waals surface area contributed by atoms with Gasteiger partial charge in [-0.25, -0.2) is 0 Å². The van der Waals surface area contributed by atoms with E-state index < -0.39 is 0 Å². The Bertz CT molecular complexity index is 903. The molecule has 3 aromatic carbocycles. The van der Waals surface area contributed by atoms with Crippen LogP contribution in [-0.2, 0) is 6.42 Å². The minimum absolute atomic E-state index is 0.0398. The summed E-state index contributed by atoms with van der Waals surface area (Å²) < 4.78 is 5.79. The number of fused-ring (bicyclic) bond motifs is 1. The standard InChI is InChI=1S/C23H21NO2/c1-24(22-16-13-17-7-5-6-10-21(17)22)23(25)18-11-14-20(15-12-18)26-19-8-3-2-4-9-19/h2-12,14-15,22H,13,16H2,1H3. The monoisotopic (exact) mass is 343 g/mol. The maximum absolute atomic E-state index is 12.9. The number of amides is 1. The fourth-order valence-electron chi connectivity index (χ4n) is 3.57. The Labute approximate surface area is 153 Å². The largest absolute Gasteiger partial charge is 0.457 e. The van der Waals surface area contributed by atoms with Gasteiger partial charge < -0.3 is 9.64 Å². The Morgan fingerprint density at radius 2 is 1.54 bits per heavy atom. The molecular weight excluding hydrogens is 322 g/mol. The zero-order valence-corrected chi connectivity index (χ0v) is 14.8. The Morgan fingerprint density at radius 3 is 2.31 bits per heavy atom. The van der Waals surface area contributed by atoms with Crippen LogP contribution in [-0.4, -0.2) is 17.9 Å². The van der Waals surface area contributed by atoms with E-state index in [4.69, 9.17) is 4.74 Å². The van der Waals surface area contributed by atoms with Crippen molar-refractivity contribution in [1.82, 2.24) is 4.90 Å². The van der Waals surface area contributed by atoms with Crippen LogP contribution in [0.5, 0.6) is 11.5 Å². The van der Waals surface area contributed by atoms with Crippen LogP contribution < -0.4 is 4.74 Å². The molecule has 0 heterocycles. The molecule has 0 aliphatic heterocycles. The second-order valence-electron chi connectivity index (χ2n) is 6.61. The van der Waals surface area contributed by atoms with Crippen molar-refractivity contribution < 1.29 is 9.53 Å². The van der Waals surface area contributed by atoms with Gasteiger partial charge in [0.05, 0.1) is 6.04 Å². The fourth-order valence-corrected chi connectivity index (χ4v) is 3.57. The molecule has 0 N–H and O–H groups in total. The highest BCUT2D eigenvalue weighted by Crippen LogP contribution is 2.35. The first-order chi connectivity index (χ1) is 12.7. The van der Waals surface area contributed by atoms with E-state index in [2.05, 4.69) is 18.2 Å². The lowest BCUT2D eigenvalue weighted by atomic mass is 10.1. The Hall–Kier alpha value is -3.07. The molecule has 0 radical (unpaired) electrons. The summed E-state index contributed by atoms with van der Waals surface area (Å²) in [4.78, 5) is 14.8. The summed E-state index contributed by atoms with van der Waals surface area (Å²) in [6.07, 6.45) is 2.01. The van der Waals surface area contributed by atoms with Gasteiger partial charge in [0.25, 0.3) is 5.91 Å². The topological polar surface area (TPSA) is 29.5 Å². The number of hydrogen-bond acceptors (Lipinski definition) is 2. The molecule has 0 saturated heterocycles. The molecule has 3 aromatic rings. The van der Waals surface area contributed by atoms with Crippen molar-refractivity contribution in [3.05, 3.63) is 95.6 Å². The van der Waals surface area contributed by atoms with Gasteiger partial charge in [0.15, 0.2) is 0 Å². The van der Waals surface area contributed by atoms with Gasteiger partial charge in [-0.05, 0) is 60.4 Å². The summed E-state index contributed by atoms with van der Waals surface area (Å²) >= 11 is 0. The van der Waals surface area contributed by atoms with Crippen molar-refractivity contribution in [2.75, 3.05) is 7.05 Å². The quantitative estimate of drug-likeness (QED) is 0.648. The number of aryl methyl sites for hydroxylation is 1. The van der Waals surface area contributed by atoms with E-state index in [-0.39, 0.29) is 11.9 Å². The van der Waals surface area contributed by atoms with Crippen molar-refractivity contribution >= 4 is 5.91 Å². The summed E-state index contributed by atoms with van der Waals surface area (Å²) in [5.41, 5.74) is 3.30. The molecule has 3 nitrogen and oxygen atoms in total. The zero-order chi connectivity index (χ0) is 17.9. The lowest BCUT2D eigenvalue weighted by molar-refractivity contribution is 0.0730. The molecule has 1 unspecified atom stereocenters. The first kappa shape index (κ1) is 16.4. The first-order valence-electron chi connectivity index (χ1n) is 8.90. The van der Waals surface area contributed by atoms with E-state index in [1.54, 1.807) is 0 Å². The summed E-state index contributed by atoms with van der Waals surface area (Å²) in [6.45, 7) is 0. The molecule has 0 spiro atoms. The number of para-hydroxylation sites is 1. The maximum Gasteiger partial charge on any atom is 0.254 e. The number of hydrogen-bond donors (Lipinski definition) is 0. The fraction of sp³-hybridized carbons (Fsp3) is 0.174. The molecule has 1 atom stereocenters. The Balaban J connectivity index is 1.48. The van der Waals surface area contributed by atoms with Gasteiger partial charge in [-0.2, -0.15) is 0 Å². The lowest BCUT2D eigenvalue weighted by Gasteiger charge is -2.25. The number of benzene rings is 3. The highest BCUT2D eigenvalue weighted by Gasteiger charge is 2.28. The molecule has 3 heteroatoms. The smallest absolute Gasteiger partial charge is 0.254 e. The third-order valence-electron chi connectivity index (χ3n) is 4.97. The molecule has 1 aliphatic carbocycles. The molecule has 0 bridgehead atoms. The summed E-state index contributed by atoms with van der Waals surface area (Å²) in [5.74, 6) is 1.55. The van der Waals surface area contributed by atoms with Crippen molar-refractivity contribution in [3.8, 4) is 11.5 Å². The molecule has 0 aromatic heterocycles. The van der Waals surface area contributed by atoms with Gasteiger partial charge in [-0.1, -0.05) is 42.5 Å². The third-order valence-corrected chi connectivity index (χ3v) is 4.97. The number of carbonyl (C=O) groups excluding carboxylic acids is 1. The average molecular weight is 343 g/mol. The maximum atomic E-state index is 12.9. The van der Waals surface area contributed by atoms with Crippen molar-refractivity contribution in [3.63, 3.8) is 0 Å². The molecular formula is C23H21NO2. The second kappa shape index (κ2) is 7.04. The van der Waals surface area contributed by atoms with Crippen molar-refractivity contribution in [2.45, 2.75) is 18.9 Å². The van der Waals surface area contributed by atoms with Crippen LogP contribution in [0.15, 0.2) is 78.9 Å². The molecule has 0 saturated carbocycles. The Morgan fingerprint density at radius 1 is 0.885 bits per heavy atom. The molecule has 1 aliphatic rings. The number of nitrogens with zero attached hydrogens (tertiary/aromatic N) is 1. The van der Waals surface area contributed by atoms with Crippen molar-refractivity contribution in [1.29, 1.82) is 0 Å². The lowest BCUT2D eigenvalue weighted by Crippen LogP contribution is -2.30. The predicted molar refractivity (Wildman–Crippen MR) is 103 cm³/mol. The summed E-state index contributed by atoms with van der Waals surface area (Å²) in [6, 6.07) is 25.5. The van der Waals surface area contributed by atoms with Crippen molar-refractivity contribution in [2.24, 2.45) is 0 Å². The van der Waals surface area contributed by atoms with Crippen LogP contribution in [0.4, 0.5) is 0 Å². The molecule has 26 heavy (non-hydrogen) atoms. The first-order valence-corrected chi connectivity index (χ1v) is 8.90. The van der Waals surface area contributed by atoms with Gasteiger partial charge in [0.1, 0.15) is 11.5 Å². The average Bonchev–Trinajstić information content (AvgIpc) is 3.12. The SMILES string of the molecule is CN(C(=O)c1ccc(Oc2ccccc2)cc1)C1CCc2ccccc21. The zero-order valence-electron chi connectivity index (χ0n) is 14.8. The van der Waals surface area contributed by atoms with E-state index in [0.717, 1.165) is 24.3 Å². The predicted octanol–water partition coefficient (Wildman–Crippen LogP) is 5.24. The van der Waals surface area contributed by atoms with Crippen LogP contribution in [0.1, 0.15) is 33.9 Å². The van der Waals surface area contributed by atoms with Gasteiger partial charge in [0, 0.05) is 12.6 Å². The van der Waals surface area contributed by atoms with Gasteiger partial charge >= 0.3 is 0 Å². The van der Waals surface area contributed by atoms with E-state index >= 15 is 0 Å². The highest BCUT2D eigenvalue weighted by atomic mass is 16.5. The molecule has 1 amide bonds.